The van der Waals surface area contributed by atoms with Crippen molar-refractivity contribution < 1.29 is 0 Å². The first-order valence-electron chi connectivity index (χ1n) is 22.8. The molecule has 4 aromatic rings. The minimum atomic E-state index is -0.0972. The molecule has 3 N–H and O–H groups in total. The van der Waals surface area contributed by atoms with E-state index in [-0.39, 0.29) is 6.04 Å². The number of rotatable bonds is 5. The number of likely N-dealkylation sites (N-methyl/N-ethyl adjacent to an activating group) is 1. The van der Waals surface area contributed by atoms with Crippen LogP contribution in [-0.4, -0.2) is 18.5 Å². The highest BCUT2D eigenvalue weighted by Gasteiger charge is 2.26. The predicted octanol–water partition coefficient (Wildman–Crippen LogP) is 15.6. The van der Waals surface area contributed by atoms with Crippen molar-refractivity contribution in [1.29, 1.82) is 0 Å². The Balaban J connectivity index is 0.000000260. The van der Waals surface area contributed by atoms with Crippen LogP contribution in [0.5, 0.6) is 0 Å². The van der Waals surface area contributed by atoms with Crippen molar-refractivity contribution >= 4 is 11.3 Å². The van der Waals surface area contributed by atoms with Crippen LogP contribution in [0.25, 0.3) is 16.7 Å². The van der Waals surface area contributed by atoms with Gasteiger partial charge in [-0.2, -0.15) is 0 Å². The van der Waals surface area contributed by atoms with Gasteiger partial charge in [-0.25, -0.2) is 0 Å². The highest BCUT2D eigenvalue weighted by Crippen LogP contribution is 2.39. The van der Waals surface area contributed by atoms with E-state index in [1.54, 1.807) is 0 Å². The van der Waals surface area contributed by atoms with E-state index in [4.69, 9.17) is 5.73 Å². The van der Waals surface area contributed by atoms with Crippen LogP contribution in [-0.2, 0) is 0 Å². The van der Waals surface area contributed by atoms with E-state index >= 15 is 0 Å². The number of nitrogens with one attached hydrogen (secondary N) is 1. The number of para-hydroxylation sites is 1. The van der Waals surface area contributed by atoms with E-state index in [1.165, 1.54) is 61.8 Å². The maximum atomic E-state index is 6.35. The Kier molecular flexibility index (Phi) is 22.4. The second-order valence-electron chi connectivity index (χ2n) is 14.6. The van der Waals surface area contributed by atoms with Gasteiger partial charge in [-0.1, -0.05) is 193 Å². The van der Waals surface area contributed by atoms with Crippen LogP contribution in [0.1, 0.15) is 105 Å². The summed E-state index contributed by atoms with van der Waals surface area (Å²) in [7, 11) is 2.14. The number of hydrogen-bond acceptors (Lipinski definition) is 4. The van der Waals surface area contributed by atoms with Gasteiger partial charge in [0.05, 0.1) is 0 Å². The Labute approximate surface area is 376 Å². The fraction of sp³-hybridized carbons (Fsp3) is 0.276. The van der Waals surface area contributed by atoms with E-state index < -0.39 is 0 Å². The second-order valence-corrected chi connectivity index (χ2v) is 14.6. The Morgan fingerprint density at radius 2 is 1.21 bits per heavy atom. The van der Waals surface area contributed by atoms with Gasteiger partial charge < -0.3 is 20.9 Å². The lowest BCUT2D eigenvalue weighted by molar-refractivity contribution is 0.504. The number of fused-ring (bicyclic) bond motifs is 1. The molecule has 0 bridgehead atoms. The molecule has 4 nitrogen and oxygen atoms in total. The van der Waals surface area contributed by atoms with Gasteiger partial charge in [-0.3, -0.25) is 0 Å². The normalized spacial score (nSPS) is 16.5. The molecule has 1 atom stereocenters. The Hall–Kier alpha value is -6.10. The zero-order chi connectivity index (χ0) is 45.3. The fourth-order valence-corrected chi connectivity index (χ4v) is 7.35. The summed E-state index contributed by atoms with van der Waals surface area (Å²) in [5.41, 5.74) is 22.6. The molecule has 8 rings (SSSR count). The Morgan fingerprint density at radius 1 is 0.694 bits per heavy atom. The number of anilines is 1. The minimum absolute atomic E-state index is 0.0972. The lowest BCUT2D eigenvalue weighted by atomic mass is 9.90. The summed E-state index contributed by atoms with van der Waals surface area (Å²) in [5.74, 6) is 0. The Bertz CT molecular complexity index is 2200. The van der Waals surface area contributed by atoms with Crippen molar-refractivity contribution in [1.82, 2.24) is 10.2 Å². The van der Waals surface area contributed by atoms with Crippen LogP contribution in [0, 0.1) is 0 Å². The molecule has 0 fully saturated rings. The first kappa shape index (κ1) is 50.3. The summed E-state index contributed by atoms with van der Waals surface area (Å²) in [6.45, 7) is 23.8. The third-order valence-corrected chi connectivity index (χ3v) is 10.5. The van der Waals surface area contributed by atoms with Crippen LogP contribution >= 0.6 is 0 Å². The van der Waals surface area contributed by atoms with E-state index in [1.807, 2.05) is 78.1 Å². The van der Waals surface area contributed by atoms with Gasteiger partial charge >= 0.3 is 0 Å². The summed E-state index contributed by atoms with van der Waals surface area (Å²) in [6.07, 6.45) is 23.9. The number of hydrogen-bond donors (Lipinski definition) is 2. The maximum absolute atomic E-state index is 6.35. The summed E-state index contributed by atoms with van der Waals surface area (Å²) < 4.78 is 0. The molecule has 4 aromatic carbocycles. The summed E-state index contributed by atoms with van der Waals surface area (Å²) in [4.78, 5) is 4.68. The van der Waals surface area contributed by atoms with Gasteiger partial charge in [0.1, 0.15) is 0 Å². The molecule has 62 heavy (non-hydrogen) atoms. The summed E-state index contributed by atoms with van der Waals surface area (Å²) >= 11 is 0. The van der Waals surface area contributed by atoms with Crippen LogP contribution in [0.3, 0.4) is 0 Å². The highest BCUT2D eigenvalue weighted by molar-refractivity contribution is 5.67. The molecule has 0 amide bonds. The smallest absolute Gasteiger partial charge is 0.0486 e. The molecule has 0 saturated carbocycles. The summed E-state index contributed by atoms with van der Waals surface area (Å²) in [5, 5.41) is 3.09. The van der Waals surface area contributed by atoms with Gasteiger partial charge in [0, 0.05) is 59.3 Å². The molecule has 2 aliphatic carbocycles. The SMILES string of the molecule is C/C(=C\C(N)c1ccc(-c2ccccc2)cc1)c1ccccc1.C=C1/C=C(\C)N(c2ccccc2)C2=C(C=CCC2)C2=C(CCC=C2)N1C.CC.CC.CC.CC1=CC=CNC1. The molecule has 326 valence electrons. The molecule has 0 spiro atoms. The number of dihydropyridines is 1. The van der Waals surface area contributed by atoms with Gasteiger partial charge in [0.2, 0.25) is 0 Å². The standard InChI is InChI=1S/C24H26N2.C22H21N.C6H9N.3C2H6/c1-18-17-19(2)26(20-11-5-4-6-12-20)24-16-10-8-14-22(24)21-13-7-9-15-23(21)25(18)3;1-17(18-8-4-2-5-9-18)16-22(23)21-14-12-20(13-15-21)19-10-6-3-7-11-19;1-6-3-2-4-7-5-6;3*1-2/h4-8,11-14,17H,1,9-10,15-16H2,2-3H3;2-16,22H,23H2,1H3;2-4,7H,5H2,1H3;3*1-2H3/b19-17+;17-16+;;;;. The average Bonchev–Trinajstić information content (AvgIpc) is 3.38. The zero-order valence-corrected chi connectivity index (χ0v) is 39.5. The van der Waals surface area contributed by atoms with Crippen LogP contribution in [0.2, 0.25) is 0 Å². The van der Waals surface area contributed by atoms with Crippen molar-refractivity contribution in [2.45, 2.75) is 94.0 Å². The molecule has 2 heterocycles. The van der Waals surface area contributed by atoms with Crippen molar-refractivity contribution in [3.05, 3.63) is 227 Å². The number of nitrogens with two attached hydrogens (primary N) is 1. The first-order chi connectivity index (χ1) is 30.3. The quantitative estimate of drug-likeness (QED) is 0.210. The van der Waals surface area contributed by atoms with E-state index in [9.17, 15) is 0 Å². The summed E-state index contributed by atoms with van der Waals surface area (Å²) in [6, 6.07) is 39.8. The molecule has 4 aliphatic rings. The molecule has 0 radical (unpaired) electrons. The van der Waals surface area contributed by atoms with E-state index in [0.717, 1.165) is 43.5 Å². The molecule has 0 aromatic heterocycles. The molecular weight excluding hydrogens is 753 g/mol. The van der Waals surface area contributed by atoms with Crippen molar-refractivity contribution in [2.75, 3.05) is 18.5 Å². The molecule has 1 unspecified atom stereocenters. The maximum Gasteiger partial charge on any atom is 0.0486 e. The van der Waals surface area contributed by atoms with Crippen molar-refractivity contribution in [2.24, 2.45) is 5.73 Å². The lowest BCUT2D eigenvalue weighted by Crippen LogP contribution is -2.23. The van der Waals surface area contributed by atoms with Crippen LogP contribution in [0.4, 0.5) is 5.69 Å². The number of allylic oxidation sites excluding steroid dienone is 13. The second kappa shape index (κ2) is 27.7. The third-order valence-electron chi connectivity index (χ3n) is 10.5. The van der Waals surface area contributed by atoms with Gasteiger partial charge in [0.15, 0.2) is 0 Å². The number of benzene rings is 4. The topological polar surface area (TPSA) is 44.5 Å². The molecule has 2 aliphatic heterocycles. The largest absolute Gasteiger partial charge is 0.387 e. The highest BCUT2D eigenvalue weighted by atomic mass is 15.2. The minimum Gasteiger partial charge on any atom is -0.387 e. The fourth-order valence-electron chi connectivity index (χ4n) is 7.35. The average molecular weight is 827 g/mol. The van der Waals surface area contributed by atoms with E-state index in [0.29, 0.717) is 0 Å². The Morgan fingerprint density at radius 3 is 1.74 bits per heavy atom. The van der Waals surface area contributed by atoms with Crippen molar-refractivity contribution in [3.63, 3.8) is 0 Å². The lowest BCUT2D eigenvalue weighted by Gasteiger charge is -2.32. The van der Waals surface area contributed by atoms with Crippen LogP contribution in [0.15, 0.2) is 216 Å². The third kappa shape index (κ3) is 14.5. The first-order valence-corrected chi connectivity index (χ1v) is 22.8. The zero-order valence-electron chi connectivity index (χ0n) is 39.5. The van der Waals surface area contributed by atoms with E-state index in [2.05, 4.69) is 183 Å². The van der Waals surface area contributed by atoms with Crippen LogP contribution < -0.4 is 16.0 Å². The molecular formula is C58H74N4. The number of nitrogens with zero attached hydrogens (tertiary/aromatic N) is 2. The van der Waals surface area contributed by atoms with Gasteiger partial charge in [0.25, 0.3) is 0 Å². The predicted molar refractivity (Wildman–Crippen MR) is 274 cm³/mol. The monoisotopic (exact) mass is 827 g/mol. The van der Waals surface area contributed by atoms with Gasteiger partial charge in [-0.05, 0) is 105 Å². The molecule has 4 heteroatoms. The van der Waals surface area contributed by atoms with Crippen molar-refractivity contribution in [3.8, 4) is 11.1 Å². The molecule has 0 saturated heterocycles. The van der Waals surface area contributed by atoms with Gasteiger partial charge in [-0.15, -0.1) is 0 Å².